The summed E-state index contributed by atoms with van der Waals surface area (Å²) in [6, 6.07) is 8.55. The Bertz CT molecular complexity index is 858. The minimum atomic E-state index is -0.626. The summed E-state index contributed by atoms with van der Waals surface area (Å²) in [5.74, 6) is -0.145. The predicted molar refractivity (Wildman–Crippen MR) is 92.6 cm³/mol. The summed E-state index contributed by atoms with van der Waals surface area (Å²) in [7, 11) is 0. The molecule has 142 valence electrons. The zero-order valence-corrected chi connectivity index (χ0v) is 14.6. The lowest BCUT2D eigenvalue weighted by molar-refractivity contribution is -0.00765. The first kappa shape index (κ1) is 17.7. The van der Waals surface area contributed by atoms with Crippen LogP contribution in [0.2, 0.25) is 0 Å². The molecule has 1 saturated heterocycles. The molecule has 1 fully saturated rings. The number of halogens is 2. The zero-order valence-electron chi connectivity index (χ0n) is 14.6. The van der Waals surface area contributed by atoms with Crippen LogP contribution in [0.4, 0.5) is 8.78 Å². The van der Waals surface area contributed by atoms with Crippen molar-refractivity contribution >= 4 is 5.91 Å². The van der Waals surface area contributed by atoms with Gasteiger partial charge in [0.2, 0.25) is 6.79 Å². The number of piperidine rings is 1. The molecule has 1 unspecified atom stereocenters. The summed E-state index contributed by atoms with van der Waals surface area (Å²) >= 11 is 0. The summed E-state index contributed by atoms with van der Waals surface area (Å²) in [4.78, 5) is 14.5. The minimum absolute atomic E-state index is 0.0445. The van der Waals surface area contributed by atoms with Gasteiger partial charge in [-0.1, -0.05) is 6.07 Å². The smallest absolute Gasteiger partial charge is 0.254 e. The highest BCUT2D eigenvalue weighted by Gasteiger charge is 2.26. The first-order valence-electron chi connectivity index (χ1n) is 8.84. The van der Waals surface area contributed by atoms with E-state index in [2.05, 4.69) is 0 Å². The highest BCUT2D eigenvalue weighted by Crippen LogP contribution is 2.33. The highest BCUT2D eigenvalue weighted by molar-refractivity contribution is 5.95. The number of nitrogens with zero attached hydrogens (tertiary/aromatic N) is 1. The molecule has 2 aromatic rings. The third-order valence-electron chi connectivity index (χ3n) is 4.77. The Labute approximate surface area is 155 Å². The van der Waals surface area contributed by atoms with Gasteiger partial charge in [-0.25, -0.2) is 8.78 Å². The molecule has 2 aromatic carbocycles. The number of hydrogen-bond donors (Lipinski definition) is 0. The SMILES string of the molecule is O=C(c1ccc2c(c1)OCO2)N1CCCC(OCc2ccc(F)cc2F)C1. The fraction of sp³-hybridized carbons (Fsp3) is 0.350. The summed E-state index contributed by atoms with van der Waals surface area (Å²) in [6.07, 6.45) is 1.39. The average molecular weight is 375 g/mol. The number of amides is 1. The maximum absolute atomic E-state index is 13.7. The minimum Gasteiger partial charge on any atom is -0.454 e. The first-order chi connectivity index (χ1) is 13.1. The molecule has 0 aromatic heterocycles. The van der Waals surface area contributed by atoms with E-state index in [-0.39, 0.29) is 25.4 Å². The van der Waals surface area contributed by atoms with Crippen LogP contribution in [-0.4, -0.2) is 36.8 Å². The van der Waals surface area contributed by atoms with Crippen molar-refractivity contribution < 1.29 is 27.8 Å². The van der Waals surface area contributed by atoms with Crippen molar-refractivity contribution in [3.05, 3.63) is 59.2 Å². The van der Waals surface area contributed by atoms with Gasteiger partial charge < -0.3 is 19.1 Å². The van der Waals surface area contributed by atoms with Gasteiger partial charge in [0, 0.05) is 30.3 Å². The Morgan fingerprint density at radius 1 is 1.15 bits per heavy atom. The molecule has 0 aliphatic carbocycles. The molecule has 2 aliphatic rings. The molecule has 0 spiro atoms. The van der Waals surface area contributed by atoms with Crippen LogP contribution in [0.3, 0.4) is 0 Å². The van der Waals surface area contributed by atoms with Gasteiger partial charge in [0.05, 0.1) is 12.7 Å². The van der Waals surface area contributed by atoms with E-state index in [1.54, 1.807) is 23.1 Å². The Hall–Kier alpha value is -2.67. The fourth-order valence-electron chi connectivity index (χ4n) is 3.32. The van der Waals surface area contributed by atoms with E-state index in [9.17, 15) is 13.6 Å². The second-order valence-electron chi connectivity index (χ2n) is 6.63. The Morgan fingerprint density at radius 3 is 2.85 bits per heavy atom. The van der Waals surface area contributed by atoms with E-state index in [1.165, 1.54) is 12.1 Å². The van der Waals surface area contributed by atoms with Crippen molar-refractivity contribution in [3.63, 3.8) is 0 Å². The first-order valence-corrected chi connectivity index (χ1v) is 8.84. The van der Waals surface area contributed by atoms with E-state index in [4.69, 9.17) is 14.2 Å². The molecule has 2 heterocycles. The number of carbonyl (C=O) groups is 1. The summed E-state index contributed by atoms with van der Waals surface area (Å²) in [6.45, 7) is 1.27. The van der Waals surface area contributed by atoms with E-state index >= 15 is 0 Å². The van der Waals surface area contributed by atoms with Gasteiger partial charge in [0.25, 0.3) is 5.91 Å². The number of ether oxygens (including phenoxy) is 3. The number of carbonyl (C=O) groups excluding carboxylic acids is 1. The number of rotatable bonds is 4. The van der Waals surface area contributed by atoms with E-state index in [0.717, 1.165) is 18.9 Å². The highest BCUT2D eigenvalue weighted by atomic mass is 19.1. The van der Waals surface area contributed by atoms with E-state index in [0.29, 0.717) is 35.7 Å². The maximum Gasteiger partial charge on any atom is 0.254 e. The van der Waals surface area contributed by atoms with Gasteiger partial charge in [-0.3, -0.25) is 4.79 Å². The molecular weight excluding hydrogens is 356 g/mol. The van der Waals surface area contributed by atoms with E-state index in [1.807, 2.05) is 0 Å². The quantitative estimate of drug-likeness (QED) is 0.821. The summed E-state index contributed by atoms with van der Waals surface area (Å²) < 4.78 is 43.1. The third-order valence-corrected chi connectivity index (χ3v) is 4.77. The van der Waals surface area contributed by atoms with Crippen LogP contribution >= 0.6 is 0 Å². The van der Waals surface area contributed by atoms with Crippen LogP contribution in [0.1, 0.15) is 28.8 Å². The van der Waals surface area contributed by atoms with Gasteiger partial charge in [0.1, 0.15) is 11.6 Å². The molecule has 5 nitrogen and oxygen atoms in total. The second kappa shape index (κ2) is 7.52. The van der Waals surface area contributed by atoms with Crippen molar-refractivity contribution in [2.24, 2.45) is 0 Å². The fourth-order valence-corrected chi connectivity index (χ4v) is 3.32. The standard InChI is InChI=1S/C20H19F2NO4/c21-15-5-3-14(17(22)9-15)11-25-16-2-1-7-23(10-16)20(24)13-4-6-18-19(8-13)27-12-26-18/h3-6,8-9,16H,1-2,7,10-12H2. The third kappa shape index (κ3) is 3.88. The van der Waals surface area contributed by atoms with Crippen LogP contribution in [0.25, 0.3) is 0 Å². The van der Waals surface area contributed by atoms with Crippen molar-refractivity contribution in [1.82, 2.24) is 4.90 Å². The largest absolute Gasteiger partial charge is 0.454 e. The molecule has 2 aliphatic heterocycles. The van der Waals surface area contributed by atoms with Crippen LogP contribution in [0.15, 0.2) is 36.4 Å². The molecule has 0 saturated carbocycles. The summed E-state index contributed by atoms with van der Waals surface area (Å²) in [5.41, 5.74) is 0.833. The van der Waals surface area contributed by atoms with Crippen LogP contribution in [0.5, 0.6) is 11.5 Å². The molecule has 0 bridgehead atoms. The van der Waals surface area contributed by atoms with Gasteiger partial charge in [-0.05, 0) is 37.1 Å². The molecular formula is C20H19F2NO4. The van der Waals surface area contributed by atoms with E-state index < -0.39 is 11.6 Å². The van der Waals surface area contributed by atoms with Gasteiger partial charge in [-0.15, -0.1) is 0 Å². The molecule has 0 N–H and O–H groups in total. The Balaban J connectivity index is 1.38. The lowest BCUT2D eigenvalue weighted by atomic mass is 10.1. The molecule has 1 atom stereocenters. The van der Waals surface area contributed by atoms with Crippen LogP contribution < -0.4 is 9.47 Å². The van der Waals surface area contributed by atoms with Crippen molar-refractivity contribution in [2.75, 3.05) is 19.9 Å². The van der Waals surface area contributed by atoms with Crippen molar-refractivity contribution in [1.29, 1.82) is 0 Å². The van der Waals surface area contributed by atoms with Crippen LogP contribution in [-0.2, 0) is 11.3 Å². The number of hydrogen-bond acceptors (Lipinski definition) is 4. The van der Waals surface area contributed by atoms with Gasteiger partial charge >= 0.3 is 0 Å². The normalized spacial score (nSPS) is 18.6. The predicted octanol–water partition coefficient (Wildman–Crippen LogP) is 3.51. The maximum atomic E-state index is 13.7. The van der Waals surface area contributed by atoms with Gasteiger partial charge in [0.15, 0.2) is 11.5 Å². The summed E-state index contributed by atoms with van der Waals surface area (Å²) in [5, 5.41) is 0. The lowest BCUT2D eigenvalue weighted by Gasteiger charge is -2.32. The Morgan fingerprint density at radius 2 is 2.00 bits per heavy atom. The lowest BCUT2D eigenvalue weighted by Crippen LogP contribution is -2.43. The topological polar surface area (TPSA) is 48.0 Å². The van der Waals surface area contributed by atoms with Crippen molar-refractivity contribution in [2.45, 2.75) is 25.6 Å². The van der Waals surface area contributed by atoms with Gasteiger partial charge in [-0.2, -0.15) is 0 Å². The zero-order chi connectivity index (χ0) is 18.8. The molecule has 27 heavy (non-hydrogen) atoms. The average Bonchev–Trinajstić information content (AvgIpc) is 3.15. The molecule has 0 radical (unpaired) electrons. The molecule has 4 rings (SSSR count). The Kier molecular flexibility index (Phi) is 4.94. The number of benzene rings is 2. The molecule has 7 heteroatoms. The van der Waals surface area contributed by atoms with Crippen molar-refractivity contribution in [3.8, 4) is 11.5 Å². The van der Waals surface area contributed by atoms with Crippen LogP contribution in [0, 0.1) is 11.6 Å². The molecule has 1 amide bonds. The number of likely N-dealkylation sites (tertiary alicyclic amines) is 1. The monoisotopic (exact) mass is 375 g/mol. The number of fused-ring (bicyclic) bond motifs is 1. The second-order valence-corrected chi connectivity index (χ2v) is 6.63.